The van der Waals surface area contributed by atoms with Crippen molar-refractivity contribution >= 4 is 15.7 Å². The van der Waals surface area contributed by atoms with Gasteiger partial charge in [0.2, 0.25) is 5.91 Å². The summed E-state index contributed by atoms with van der Waals surface area (Å²) in [4.78, 5) is 16.9. The Morgan fingerprint density at radius 3 is 2.30 bits per heavy atom. The summed E-state index contributed by atoms with van der Waals surface area (Å²) in [7, 11) is -3.07. The Hall–Kier alpha value is -0.620. The third kappa shape index (κ3) is 3.93. The highest BCUT2D eigenvalue weighted by molar-refractivity contribution is 7.93. The average Bonchev–Trinajstić information content (AvgIpc) is 2.91. The number of carbonyl (C=O) groups is 1. The van der Waals surface area contributed by atoms with Crippen molar-refractivity contribution < 1.29 is 13.2 Å². The van der Waals surface area contributed by atoms with Crippen molar-refractivity contribution in [1.82, 2.24) is 9.80 Å². The summed E-state index contributed by atoms with van der Waals surface area (Å²) < 4.78 is 25.0. The van der Waals surface area contributed by atoms with Crippen LogP contribution in [0, 0.1) is 11.8 Å². The van der Waals surface area contributed by atoms with Crippen LogP contribution in [0.4, 0.5) is 0 Å². The Morgan fingerprint density at radius 2 is 1.59 bits per heavy atom. The van der Waals surface area contributed by atoms with Gasteiger partial charge in [-0.05, 0) is 50.6 Å². The molecule has 1 atom stereocenters. The standard InChI is InChI=1S/C21H36N2O3S/c24-20(10-9-18-7-3-1-4-8-18)23-16-21(17-23)19(11-14-27(21,25)26)15-22-12-5-2-6-13-22/h18-19H,1-17H2. The van der Waals surface area contributed by atoms with Crippen molar-refractivity contribution in [2.75, 3.05) is 38.5 Å². The quantitative estimate of drug-likeness (QED) is 0.717. The second-order valence-corrected chi connectivity index (χ2v) is 12.0. The lowest BCUT2D eigenvalue weighted by molar-refractivity contribution is -0.138. The van der Waals surface area contributed by atoms with Gasteiger partial charge in [0, 0.05) is 26.1 Å². The minimum absolute atomic E-state index is 0.185. The van der Waals surface area contributed by atoms with Crippen molar-refractivity contribution in [3.63, 3.8) is 0 Å². The third-order valence-corrected chi connectivity index (χ3v) is 10.4. The number of carbonyl (C=O) groups excluding carboxylic acids is 1. The average molecular weight is 397 g/mol. The molecule has 0 aromatic rings. The van der Waals surface area contributed by atoms with E-state index in [-0.39, 0.29) is 11.8 Å². The molecule has 27 heavy (non-hydrogen) atoms. The topological polar surface area (TPSA) is 57.7 Å². The van der Waals surface area contributed by atoms with E-state index in [1.54, 1.807) is 0 Å². The SMILES string of the molecule is O=C(CCC1CCCCC1)N1CC2(C1)C(CN1CCCCC1)CCS2(=O)=O. The summed E-state index contributed by atoms with van der Waals surface area (Å²) in [5.74, 6) is 1.42. The van der Waals surface area contributed by atoms with Crippen LogP contribution in [-0.4, -0.2) is 67.3 Å². The van der Waals surface area contributed by atoms with Gasteiger partial charge in [0.15, 0.2) is 9.84 Å². The van der Waals surface area contributed by atoms with Gasteiger partial charge in [-0.3, -0.25) is 4.79 Å². The molecule has 3 heterocycles. The van der Waals surface area contributed by atoms with E-state index in [0.29, 0.717) is 31.2 Å². The van der Waals surface area contributed by atoms with E-state index >= 15 is 0 Å². The van der Waals surface area contributed by atoms with Gasteiger partial charge in [-0.15, -0.1) is 0 Å². The van der Waals surface area contributed by atoms with Gasteiger partial charge >= 0.3 is 0 Å². The van der Waals surface area contributed by atoms with Gasteiger partial charge in [0.05, 0.1) is 5.75 Å². The molecule has 1 spiro atoms. The van der Waals surface area contributed by atoms with Gasteiger partial charge in [-0.1, -0.05) is 38.5 Å². The molecular weight excluding hydrogens is 360 g/mol. The number of hydrogen-bond donors (Lipinski definition) is 0. The van der Waals surface area contributed by atoms with Crippen LogP contribution in [-0.2, 0) is 14.6 Å². The predicted octanol–water partition coefficient (Wildman–Crippen LogP) is 2.85. The molecule has 4 aliphatic rings. The van der Waals surface area contributed by atoms with E-state index in [4.69, 9.17) is 0 Å². The molecule has 1 aliphatic carbocycles. The van der Waals surface area contributed by atoms with Gasteiger partial charge in [0.1, 0.15) is 4.75 Å². The molecule has 5 nitrogen and oxygen atoms in total. The molecule has 0 aromatic carbocycles. The number of hydrogen-bond acceptors (Lipinski definition) is 4. The van der Waals surface area contributed by atoms with E-state index in [1.807, 2.05) is 4.90 Å². The molecule has 1 amide bonds. The molecule has 0 aromatic heterocycles. The monoisotopic (exact) mass is 396 g/mol. The van der Waals surface area contributed by atoms with Gasteiger partial charge in [-0.25, -0.2) is 8.42 Å². The van der Waals surface area contributed by atoms with Crippen molar-refractivity contribution in [2.24, 2.45) is 11.8 Å². The highest BCUT2D eigenvalue weighted by atomic mass is 32.2. The summed E-state index contributed by atoms with van der Waals surface area (Å²) in [5, 5.41) is 0. The fraction of sp³-hybridized carbons (Fsp3) is 0.952. The fourth-order valence-electron chi connectivity index (χ4n) is 5.92. The number of nitrogens with zero attached hydrogens (tertiary/aromatic N) is 2. The largest absolute Gasteiger partial charge is 0.339 e. The lowest BCUT2D eigenvalue weighted by atomic mass is 9.81. The second kappa shape index (κ2) is 8.02. The highest BCUT2D eigenvalue weighted by Crippen LogP contribution is 2.45. The van der Waals surface area contributed by atoms with Crippen LogP contribution in [0.1, 0.15) is 70.6 Å². The fourth-order valence-corrected chi connectivity index (χ4v) is 8.33. The van der Waals surface area contributed by atoms with E-state index in [0.717, 1.165) is 32.5 Å². The Morgan fingerprint density at radius 1 is 0.926 bits per heavy atom. The van der Waals surface area contributed by atoms with Crippen molar-refractivity contribution in [1.29, 1.82) is 0 Å². The third-order valence-electron chi connectivity index (χ3n) is 7.79. The first-order chi connectivity index (χ1) is 13.0. The molecule has 3 aliphatic heterocycles. The van der Waals surface area contributed by atoms with Crippen LogP contribution >= 0.6 is 0 Å². The lowest BCUT2D eigenvalue weighted by Gasteiger charge is -2.51. The zero-order valence-electron chi connectivity index (χ0n) is 16.7. The molecule has 3 saturated heterocycles. The smallest absolute Gasteiger partial charge is 0.222 e. The normalized spacial score (nSPS) is 31.1. The summed E-state index contributed by atoms with van der Waals surface area (Å²) in [6.07, 6.45) is 12.6. The summed E-state index contributed by atoms with van der Waals surface area (Å²) in [6.45, 7) is 4.03. The molecule has 6 heteroatoms. The minimum Gasteiger partial charge on any atom is -0.339 e. The van der Waals surface area contributed by atoms with Crippen LogP contribution in [0.15, 0.2) is 0 Å². The van der Waals surface area contributed by atoms with E-state index in [1.165, 1.54) is 51.4 Å². The lowest BCUT2D eigenvalue weighted by Crippen LogP contribution is -2.69. The molecule has 0 bridgehead atoms. The summed E-state index contributed by atoms with van der Waals surface area (Å²) in [5.41, 5.74) is 0. The molecular formula is C21H36N2O3S. The highest BCUT2D eigenvalue weighted by Gasteiger charge is 2.62. The van der Waals surface area contributed by atoms with Crippen LogP contribution in [0.2, 0.25) is 0 Å². The molecule has 154 valence electrons. The Kier molecular flexibility index (Phi) is 5.84. The van der Waals surface area contributed by atoms with Gasteiger partial charge < -0.3 is 9.80 Å². The molecule has 0 radical (unpaired) electrons. The van der Waals surface area contributed by atoms with E-state index in [9.17, 15) is 13.2 Å². The number of likely N-dealkylation sites (tertiary alicyclic amines) is 2. The van der Waals surface area contributed by atoms with Crippen molar-refractivity contribution in [3.05, 3.63) is 0 Å². The maximum Gasteiger partial charge on any atom is 0.222 e. The van der Waals surface area contributed by atoms with E-state index < -0.39 is 14.6 Å². The molecule has 4 fully saturated rings. The minimum atomic E-state index is -3.07. The first-order valence-electron chi connectivity index (χ1n) is 11.2. The molecule has 0 N–H and O–H groups in total. The zero-order chi connectivity index (χ0) is 18.9. The van der Waals surface area contributed by atoms with Gasteiger partial charge in [-0.2, -0.15) is 0 Å². The number of piperidine rings is 1. The maximum atomic E-state index is 12.8. The van der Waals surface area contributed by atoms with Crippen LogP contribution < -0.4 is 0 Å². The van der Waals surface area contributed by atoms with Crippen LogP contribution in [0.25, 0.3) is 0 Å². The maximum absolute atomic E-state index is 12.8. The van der Waals surface area contributed by atoms with Crippen molar-refractivity contribution in [3.8, 4) is 0 Å². The number of amides is 1. The van der Waals surface area contributed by atoms with Gasteiger partial charge in [0.25, 0.3) is 0 Å². The Bertz CT molecular complexity index is 630. The second-order valence-electron chi connectivity index (χ2n) is 9.52. The molecule has 1 saturated carbocycles. The molecule has 4 rings (SSSR count). The summed E-state index contributed by atoms with van der Waals surface area (Å²) in [6, 6.07) is 0. The first-order valence-corrected chi connectivity index (χ1v) is 12.9. The van der Waals surface area contributed by atoms with Crippen LogP contribution in [0.5, 0.6) is 0 Å². The number of rotatable bonds is 5. The van der Waals surface area contributed by atoms with E-state index in [2.05, 4.69) is 4.90 Å². The first kappa shape index (κ1) is 19.7. The number of sulfone groups is 1. The Balaban J connectivity index is 1.32. The van der Waals surface area contributed by atoms with Crippen molar-refractivity contribution in [2.45, 2.75) is 75.4 Å². The summed E-state index contributed by atoms with van der Waals surface area (Å²) >= 11 is 0. The predicted molar refractivity (Wildman–Crippen MR) is 107 cm³/mol. The zero-order valence-corrected chi connectivity index (χ0v) is 17.5. The Labute approximate surface area is 164 Å². The van der Waals surface area contributed by atoms with Crippen LogP contribution in [0.3, 0.4) is 0 Å². The molecule has 1 unspecified atom stereocenters.